The molecule has 0 aliphatic heterocycles. The molecule has 0 aliphatic rings. The van der Waals surface area contributed by atoms with Crippen LogP contribution in [0, 0.1) is 0 Å². The maximum Gasteiger partial charge on any atom is 0.219 e. The molecule has 5 nitrogen and oxygen atoms in total. The molecule has 1 heterocycles. The highest BCUT2D eigenvalue weighted by atomic mass is 16.1. The lowest BCUT2D eigenvalue weighted by molar-refractivity contribution is -0.117. The summed E-state index contributed by atoms with van der Waals surface area (Å²) in [5.74, 6) is 0.241. The number of carbonyl (C=O) groups is 1. The lowest BCUT2D eigenvalue weighted by atomic mass is 10.3. The molecule has 1 aromatic heterocycles. The van der Waals surface area contributed by atoms with E-state index in [2.05, 4.69) is 10.3 Å². The number of nitrogens with one attached hydrogen (secondary N) is 1. The summed E-state index contributed by atoms with van der Waals surface area (Å²) in [7, 11) is 0. The van der Waals surface area contributed by atoms with Gasteiger partial charge < -0.3 is 16.8 Å². The number of nitrogens with two attached hydrogens (primary N) is 2. The Morgan fingerprint density at radius 2 is 2.38 bits per heavy atom. The van der Waals surface area contributed by atoms with Gasteiger partial charge in [0.2, 0.25) is 5.91 Å². The van der Waals surface area contributed by atoms with E-state index in [0.29, 0.717) is 18.1 Å². The number of rotatable bonds is 4. The van der Waals surface area contributed by atoms with Crippen molar-refractivity contribution in [2.45, 2.75) is 6.42 Å². The molecule has 13 heavy (non-hydrogen) atoms. The number of hydrogen-bond donors (Lipinski definition) is 3. The highest BCUT2D eigenvalue weighted by molar-refractivity contribution is 5.74. The van der Waals surface area contributed by atoms with Gasteiger partial charge in [0.05, 0.1) is 5.69 Å². The lowest BCUT2D eigenvalue weighted by Crippen LogP contribution is -2.16. The number of carbonyl (C=O) groups excluding carboxylic acids is 1. The van der Waals surface area contributed by atoms with Crippen LogP contribution >= 0.6 is 0 Å². The van der Waals surface area contributed by atoms with Gasteiger partial charge in [0.15, 0.2) is 0 Å². The fourth-order valence-corrected chi connectivity index (χ4v) is 0.870. The van der Waals surface area contributed by atoms with Gasteiger partial charge in [-0.25, -0.2) is 4.98 Å². The molecule has 0 fully saturated rings. The number of nitrogens with zero attached hydrogens (tertiary/aromatic N) is 1. The van der Waals surface area contributed by atoms with Crippen molar-refractivity contribution in [1.82, 2.24) is 4.98 Å². The fourth-order valence-electron chi connectivity index (χ4n) is 0.870. The molecule has 0 aliphatic carbocycles. The van der Waals surface area contributed by atoms with Crippen molar-refractivity contribution < 1.29 is 4.79 Å². The van der Waals surface area contributed by atoms with Crippen LogP contribution in [0.25, 0.3) is 0 Å². The molecule has 0 unspecified atom stereocenters. The molecule has 0 atom stereocenters. The Morgan fingerprint density at radius 1 is 1.62 bits per heavy atom. The average Bonchev–Trinajstić information content (AvgIpc) is 2.08. The fraction of sp³-hybridized carbons (Fsp3) is 0.250. The molecule has 0 aromatic carbocycles. The second-order valence-electron chi connectivity index (χ2n) is 2.58. The third-order valence-corrected chi connectivity index (χ3v) is 1.50. The van der Waals surface area contributed by atoms with Gasteiger partial charge in [-0.1, -0.05) is 0 Å². The number of hydrogen-bond acceptors (Lipinski definition) is 4. The molecule has 0 saturated heterocycles. The van der Waals surface area contributed by atoms with E-state index in [9.17, 15) is 4.79 Å². The number of primary amides is 1. The number of anilines is 2. The number of pyridine rings is 1. The molecule has 1 rings (SSSR count). The van der Waals surface area contributed by atoms with Crippen LogP contribution in [0.15, 0.2) is 18.3 Å². The normalized spacial score (nSPS) is 9.54. The van der Waals surface area contributed by atoms with Gasteiger partial charge in [0.1, 0.15) is 5.82 Å². The maximum absolute atomic E-state index is 10.4. The Balaban J connectivity index is 2.45. The van der Waals surface area contributed by atoms with Crippen molar-refractivity contribution in [2.24, 2.45) is 5.73 Å². The van der Waals surface area contributed by atoms with E-state index in [1.165, 1.54) is 0 Å². The molecule has 70 valence electrons. The summed E-state index contributed by atoms with van der Waals surface area (Å²) in [5, 5.41) is 2.91. The van der Waals surface area contributed by atoms with Crippen molar-refractivity contribution in [1.29, 1.82) is 0 Å². The first-order valence-electron chi connectivity index (χ1n) is 3.93. The molecule has 1 amide bonds. The van der Waals surface area contributed by atoms with Crippen molar-refractivity contribution in [3.05, 3.63) is 18.3 Å². The van der Waals surface area contributed by atoms with Gasteiger partial charge in [-0.3, -0.25) is 4.79 Å². The molecule has 1 aromatic rings. The van der Waals surface area contributed by atoms with Crippen LogP contribution in [0.4, 0.5) is 11.5 Å². The third kappa shape index (κ3) is 2.98. The van der Waals surface area contributed by atoms with Gasteiger partial charge in [-0.05, 0) is 12.1 Å². The van der Waals surface area contributed by atoms with E-state index in [0.717, 1.165) is 0 Å². The van der Waals surface area contributed by atoms with Gasteiger partial charge >= 0.3 is 0 Å². The molecule has 5 heteroatoms. The maximum atomic E-state index is 10.4. The summed E-state index contributed by atoms with van der Waals surface area (Å²) in [6, 6.07) is 3.48. The first-order valence-corrected chi connectivity index (χ1v) is 3.93. The molecule has 5 N–H and O–H groups in total. The molecule has 0 spiro atoms. The highest BCUT2D eigenvalue weighted by Gasteiger charge is 1.98. The van der Waals surface area contributed by atoms with E-state index in [1.54, 1.807) is 18.3 Å². The largest absolute Gasteiger partial charge is 0.396 e. The minimum Gasteiger partial charge on any atom is -0.396 e. The van der Waals surface area contributed by atoms with Gasteiger partial charge in [0.25, 0.3) is 0 Å². The predicted molar refractivity (Wildman–Crippen MR) is 51.0 cm³/mol. The number of amides is 1. The quantitative estimate of drug-likeness (QED) is 0.605. The summed E-state index contributed by atoms with van der Waals surface area (Å²) >= 11 is 0. The first-order chi connectivity index (χ1) is 6.20. The van der Waals surface area contributed by atoms with E-state index in [-0.39, 0.29) is 12.3 Å². The van der Waals surface area contributed by atoms with E-state index in [1.807, 2.05) is 0 Å². The molecular weight excluding hydrogens is 168 g/mol. The smallest absolute Gasteiger partial charge is 0.219 e. The van der Waals surface area contributed by atoms with Crippen LogP contribution in [0.3, 0.4) is 0 Å². The second kappa shape index (κ2) is 4.30. The summed E-state index contributed by atoms with van der Waals surface area (Å²) in [4.78, 5) is 14.4. The predicted octanol–water partition coefficient (Wildman–Crippen LogP) is -0.0489. The highest BCUT2D eigenvalue weighted by Crippen LogP contribution is 2.12. The van der Waals surface area contributed by atoms with E-state index >= 15 is 0 Å². The van der Waals surface area contributed by atoms with Crippen molar-refractivity contribution >= 4 is 17.4 Å². The zero-order chi connectivity index (χ0) is 9.68. The van der Waals surface area contributed by atoms with Crippen LogP contribution in [0.2, 0.25) is 0 Å². The van der Waals surface area contributed by atoms with Crippen molar-refractivity contribution in [3.63, 3.8) is 0 Å². The summed E-state index contributed by atoms with van der Waals surface area (Å²) in [6.07, 6.45) is 1.90. The Bertz CT molecular complexity index is 300. The van der Waals surface area contributed by atoms with Crippen LogP contribution in [0.1, 0.15) is 6.42 Å². The summed E-state index contributed by atoms with van der Waals surface area (Å²) in [6.45, 7) is 0.455. The Labute approximate surface area is 76.1 Å². The first kappa shape index (κ1) is 9.31. The second-order valence-corrected chi connectivity index (χ2v) is 2.58. The Kier molecular flexibility index (Phi) is 3.08. The van der Waals surface area contributed by atoms with E-state index < -0.39 is 0 Å². The zero-order valence-corrected chi connectivity index (χ0v) is 7.16. The molecule has 0 saturated carbocycles. The monoisotopic (exact) mass is 180 g/mol. The average molecular weight is 180 g/mol. The van der Waals surface area contributed by atoms with Crippen LogP contribution in [-0.4, -0.2) is 17.4 Å². The van der Waals surface area contributed by atoms with Gasteiger partial charge in [0, 0.05) is 19.2 Å². The van der Waals surface area contributed by atoms with E-state index in [4.69, 9.17) is 11.5 Å². The minimum absolute atomic E-state index is 0.274. The van der Waals surface area contributed by atoms with Crippen LogP contribution in [0.5, 0.6) is 0 Å². The standard InChI is InChI=1S/C8H12N4O/c9-6-2-1-4-11-8(6)12-5-3-7(10)13/h1-2,4H,3,5,9H2,(H2,10,13)(H,11,12). The molecular formula is C8H12N4O. The van der Waals surface area contributed by atoms with Gasteiger partial charge in [-0.2, -0.15) is 0 Å². The number of aromatic nitrogens is 1. The minimum atomic E-state index is -0.345. The molecule has 0 radical (unpaired) electrons. The zero-order valence-electron chi connectivity index (χ0n) is 7.16. The Morgan fingerprint density at radius 3 is 3.00 bits per heavy atom. The summed E-state index contributed by atoms with van der Waals surface area (Å²) in [5.41, 5.74) is 11.1. The number of nitrogen functional groups attached to an aromatic ring is 1. The summed E-state index contributed by atoms with van der Waals surface area (Å²) < 4.78 is 0. The van der Waals surface area contributed by atoms with Crippen LogP contribution in [-0.2, 0) is 4.79 Å². The van der Waals surface area contributed by atoms with Gasteiger partial charge in [-0.15, -0.1) is 0 Å². The van der Waals surface area contributed by atoms with Crippen molar-refractivity contribution in [2.75, 3.05) is 17.6 Å². The third-order valence-electron chi connectivity index (χ3n) is 1.50. The lowest BCUT2D eigenvalue weighted by Gasteiger charge is -2.05. The topological polar surface area (TPSA) is 94.0 Å². The molecule has 0 bridgehead atoms. The Hall–Kier alpha value is -1.78. The van der Waals surface area contributed by atoms with Crippen molar-refractivity contribution in [3.8, 4) is 0 Å². The van der Waals surface area contributed by atoms with Crippen LogP contribution < -0.4 is 16.8 Å². The SMILES string of the molecule is NC(=O)CCNc1ncccc1N.